The number of rotatable bonds is 2. The second-order valence-electron chi connectivity index (χ2n) is 4.75. The first kappa shape index (κ1) is 11.7. The van der Waals surface area contributed by atoms with Gasteiger partial charge in [0.25, 0.3) is 5.56 Å². The highest BCUT2D eigenvalue weighted by Gasteiger charge is 2.36. The molecule has 0 aliphatic heterocycles. The van der Waals surface area contributed by atoms with Crippen molar-refractivity contribution in [1.82, 2.24) is 19.9 Å². The number of nitrogens with zero attached hydrogens (tertiary/aromatic N) is 2. The number of nitrogens with two attached hydrogens (primary N) is 1. The molecule has 0 spiro atoms. The van der Waals surface area contributed by atoms with Crippen LogP contribution in [0.15, 0.2) is 4.79 Å². The van der Waals surface area contributed by atoms with Gasteiger partial charge < -0.3 is 15.8 Å². The third-order valence-electron chi connectivity index (χ3n) is 3.58. The van der Waals surface area contributed by atoms with Gasteiger partial charge in [0.15, 0.2) is 11.2 Å². The van der Waals surface area contributed by atoms with Gasteiger partial charge in [-0.05, 0) is 12.8 Å². The van der Waals surface area contributed by atoms with Crippen molar-refractivity contribution < 1.29 is 9.90 Å². The Morgan fingerprint density at radius 2 is 2.11 bits per heavy atom. The number of aromatic amines is 2. The summed E-state index contributed by atoms with van der Waals surface area (Å²) in [5.74, 6) is -0.992. The molecule has 3 rings (SSSR count). The van der Waals surface area contributed by atoms with Crippen LogP contribution in [-0.2, 0) is 4.79 Å². The highest BCUT2D eigenvalue weighted by atomic mass is 16.4. The molecule has 1 aliphatic rings. The largest absolute Gasteiger partial charge is 0.481 e. The molecule has 8 nitrogen and oxygen atoms in total. The van der Waals surface area contributed by atoms with Crippen LogP contribution in [0.4, 0.5) is 5.95 Å². The van der Waals surface area contributed by atoms with Crippen LogP contribution in [0.3, 0.4) is 0 Å². The lowest BCUT2D eigenvalue weighted by Crippen LogP contribution is -2.17. The van der Waals surface area contributed by atoms with Crippen molar-refractivity contribution in [3.63, 3.8) is 0 Å². The number of nitrogen functional groups attached to an aromatic ring is 1. The number of hydrogen-bond donors (Lipinski definition) is 4. The van der Waals surface area contributed by atoms with E-state index in [1.807, 2.05) is 0 Å². The number of imidazole rings is 1. The average molecular weight is 263 g/mol. The van der Waals surface area contributed by atoms with Crippen LogP contribution in [0.1, 0.15) is 31.0 Å². The normalized spacial score (nSPS) is 22.9. The van der Waals surface area contributed by atoms with Gasteiger partial charge in [-0.3, -0.25) is 14.6 Å². The summed E-state index contributed by atoms with van der Waals surface area (Å²) in [5.41, 5.74) is 5.52. The molecule has 0 amide bonds. The number of nitrogens with one attached hydrogen (secondary N) is 2. The van der Waals surface area contributed by atoms with Gasteiger partial charge in [-0.1, -0.05) is 6.42 Å². The Morgan fingerprint density at radius 1 is 1.32 bits per heavy atom. The lowest BCUT2D eigenvalue weighted by molar-refractivity contribution is -0.142. The molecule has 1 fully saturated rings. The minimum absolute atomic E-state index is 0.00300. The van der Waals surface area contributed by atoms with Crippen LogP contribution in [0.2, 0.25) is 0 Å². The van der Waals surface area contributed by atoms with E-state index >= 15 is 0 Å². The Balaban J connectivity index is 2.09. The second-order valence-corrected chi connectivity index (χ2v) is 4.75. The molecule has 100 valence electrons. The lowest BCUT2D eigenvalue weighted by Gasteiger charge is -2.12. The maximum Gasteiger partial charge on any atom is 0.307 e. The third-order valence-corrected chi connectivity index (χ3v) is 3.58. The van der Waals surface area contributed by atoms with Gasteiger partial charge in [0, 0.05) is 5.92 Å². The summed E-state index contributed by atoms with van der Waals surface area (Å²) in [6.07, 6.45) is 2.21. The second kappa shape index (κ2) is 4.08. The molecule has 2 unspecified atom stereocenters. The van der Waals surface area contributed by atoms with E-state index in [0.717, 1.165) is 12.8 Å². The number of carboxylic acid groups (broad SMARTS) is 1. The summed E-state index contributed by atoms with van der Waals surface area (Å²) in [6.45, 7) is 0. The molecule has 0 aromatic carbocycles. The number of hydrogen-bond acceptors (Lipinski definition) is 5. The van der Waals surface area contributed by atoms with E-state index in [2.05, 4.69) is 19.9 Å². The molecule has 2 aromatic heterocycles. The Labute approximate surface area is 107 Å². The Kier molecular flexibility index (Phi) is 2.51. The van der Waals surface area contributed by atoms with Gasteiger partial charge in [-0.25, -0.2) is 4.98 Å². The maximum atomic E-state index is 11.7. The summed E-state index contributed by atoms with van der Waals surface area (Å²) in [7, 11) is 0. The fourth-order valence-corrected chi connectivity index (χ4v) is 2.70. The van der Waals surface area contributed by atoms with Crippen molar-refractivity contribution in [3.8, 4) is 0 Å². The highest BCUT2D eigenvalue weighted by Crippen LogP contribution is 2.38. The van der Waals surface area contributed by atoms with Crippen molar-refractivity contribution in [1.29, 1.82) is 0 Å². The number of aliphatic carboxylic acids is 1. The van der Waals surface area contributed by atoms with Gasteiger partial charge in [0.1, 0.15) is 5.82 Å². The third kappa shape index (κ3) is 1.85. The highest BCUT2D eigenvalue weighted by molar-refractivity contribution is 5.73. The molecule has 2 atom stereocenters. The van der Waals surface area contributed by atoms with E-state index < -0.39 is 17.4 Å². The molecular weight excluding hydrogens is 250 g/mol. The predicted octanol–water partition coefficient (Wildman–Crippen LogP) is 0.197. The molecular formula is C11H13N5O3. The van der Waals surface area contributed by atoms with E-state index in [9.17, 15) is 14.7 Å². The van der Waals surface area contributed by atoms with E-state index in [1.54, 1.807) is 0 Å². The van der Waals surface area contributed by atoms with Gasteiger partial charge in [0.05, 0.1) is 5.92 Å². The van der Waals surface area contributed by atoms with Crippen molar-refractivity contribution >= 4 is 23.1 Å². The zero-order valence-electron chi connectivity index (χ0n) is 10.0. The maximum absolute atomic E-state index is 11.7. The zero-order chi connectivity index (χ0) is 13.6. The molecule has 2 heterocycles. The van der Waals surface area contributed by atoms with Gasteiger partial charge in [-0.15, -0.1) is 0 Å². The number of anilines is 1. The van der Waals surface area contributed by atoms with Gasteiger partial charge >= 0.3 is 5.97 Å². The summed E-state index contributed by atoms with van der Waals surface area (Å²) in [4.78, 5) is 36.3. The summed E-state index contributed by atoms with van der Waals surface area (Å²) < 4.78 is 0. The van der Waals surface area contributed by atoms with Crippen molar-refractivity contribution in [3.05, 3.63) is 16.2 Å². The van der Waals surface area contributed by atoms with Crippen molar-refractivity contribution in [2.24, 2.45) is 5.92 Å². The minimum atomic E-state index is -0.829. The average Bonchev–Trinajstić information content (AvgIpc) is 2.92. The quantitative estimate of drug-likeness (QED) is 0.610. The first-order valence-electron chi connectivity index (χ1n) is 6.04. The van der Waals surface area contributed by atoms with E-state index in [1.165, 1.54) is 0 Å². The van der Waals surface area contributed by atoms with Crippen molar-refractivity contribution in [2.45, 2.75) is 25.2 Å². The van der Waals surface area contributed by atoms with Crippen LogP contribution in [0.25, 0.3) is 11.2 Å². The van der Waals surface area contributed by atoms with Crippen molar-refractivity contribution in [2.75, 3.05) is 5.73 Å². The first-order valence-corrected chi connectivity index (χ1v) is 6.04. The van der Waals surface area contributed by atoms with Crippen LogP contribution in [0.5, 0.6) is 0 Å². The summed E-state index contributed by atoms with van der Waals surface area (Å²) >= 11 is 0. The molecule has 0 saturated heterocycles. The SMILES string of the molecule is Nc1nc2nc(C3CCCC3C(=O)O)[nH]c2c(=O)[nH]1. The fourth-order valence-electron chi connectivity index (χ4n) is 2.70. The number of carbonyl (C=O) groups is 1. The Morgan fingerprint density at radius 3 is 2.84 bits per heavy atom. The smallest absolute Gasteiger partial charge is 0.307 e. The van der Waals surface area contributed by atoms with E-state index in [4.69, 9.17) is 5.73 Å². The Hall–Kier alpha value is -2.38. The molecule has 0 radical (unpaired) electrons. The van der Waals surface area contributed by atoms with E-state index in [-0.39, 0.29) is 23.0 Å². The standard InChI is InChI=1S/C11H13N5O3/c12-11-15-8-6(9(17)16-11)13-7(14-8)4-2-1-3-5(4)10(18)19/h4-5H,1-3H2,(H,18,19)(H4,12,13,14,15,16,17). The topological polar surface area (TPSA) is 138 Å². The molecule has 1 aliphatic carbocycles. The predicted molar refractivity (Wildman–Crippen MR) is 66.6 cm³/mol. The van der Waals surface area contributed by atoms with Crippen LogP contribution in [0, 0.1) is 5.92 Å². The zero-order valence-corrected chi connectivity index (χ0v) is 10.0. The number of carboxylic acids is 1. The minimum Gasteiger partial charge on any atom is -0.481 e. The van der Waals surface area contributed by atoms with Crippen LogP contribution < -0.4 is 11.3 Å². The van der Waals surface area contributed by atoms with Gasteiger partial charge in [-0.2, -0.15) is 4.98 Å². The molecule has 1 saturated carbocycles. The van der Waals surface area contributed by atoms with E-state index in [0.29, 0.717) is 12.2 Å². The summed E-state index contributed by atoms with van der Waals surface area (Å²) in [6, 6.07) is 0. The van der Waals surface area contributed by atoms with Crippen LogP contribution >= 0.6 is 0 Å². The van der Waals surface area contributed by atoms with Crippen LogP contribution in [-0.4, -0.2) is 31.0 Å². The molecule has 19 heavy (non-hydrogen) atoms. The molecule has 2 aromatic rings. The van der Waals surface area contributed by atoms with Gasteiger partial charge in [0.2, 0.25) is 5.95 Å². The summed E-state index contributed by atoms with van der Waals surface area (Å²) in [5, 5.41) is 9.17. The molecule has 8 heteroatoms. The molecule has 5 N–H and O–H groups in total. The number of aromatic nitrogens is 4. The fraction of sp³-hybridized carbons (Fsp3) is 0.455. The number of fused-ring (bicyclic) bond motifs is 1. The monoisotopic (exact) mass is 263 g/mol. The number of H-pyrrole nitrogens is 2. The Bertz CT molecular complexity index is 704. The molecule has 0 bridgehead atoms. The first-order chi connectivity index (χ1) is 9.06. The lowest BCUT2D eigenvalue weighted by atomic mass is 9.96.